The van der Waals surface area contributed by atoms with E-state index in [0.29, 0.717) is 16.5 Å². The van der Waals surface area contributed by atoms with Crippen LogP contribution in [0.15, 0.2) is 30.5 Å². The molecule has 25 heteroatoms. The van der Waals surface area contributed by atoms with Crippen LogP contribution in [-0.2, 0) is 54.4 Å². The van der Waals surface area contributed by atoms with Gasteiger partial charge in [0.15, 0.2) is 0 Å². The Morgan fingerprint density at radius 1 is 0.630 bits per heavy atom. The van der Waals surface area contributed by atoms with Crippen LogP contribution in [0.4, 0.5) is 13.2 Å². The van der Waals surface area contributed by atoms with Gasteiger partial charge in [-0.15, -0.1) is 0 Å². The maximum Gasteiger partial charge on any atom is 0.490 e. The Morgan fingerprint density at radius 2 is 1.02 bits per heavy atom. The lowest BCUT2D eigenvalue weighted by molar-refractivity contribution is -0.192. The van der Waals surface area contributed by atoms with Crippen molar-refractivity contribution in [1.82, 2.24) is 26.3 Å². The summed E-state index contributed by atoms with van der Waals surface area (Å²) in [4.78, 5) is 122. The number of rotatable bonds is 19. The van der Waals surface area contributed by atoms with Gasteiger partial charge < -0.3 is 65.1 Å². The fraction of sp³-hybridized carbons (Fsp3) is 0.379. The molecule has 5 atom stereocenters. The highest BCUT2D eigenvalue weighted by Crippen LogP contribution is 2.19. The molecule has 1 aromatic carbocycles. The summed E-state index contributed by atoms with van der Waals surface area (Å²) in [6.07, 6.45) is -6.79. The summed E-state index contributed by atoms with van der Waals surface area (Å²) >= 11 is 0. The first-order chi connectivity index (χ1) is 24.9. The van der Waals surface area contributed by atoms with Crippen LogP contribution in [0, 0.1) is 0 Å². The number of benzene rings is 1. The number of nitrogens with two attached hydrogens (primary N) is 5. The Labute approximate surface area is 301 Å². The first-order valence-corrected chi connectivity index (χ1v) is 15.1. The second kappa shape index (κ2) is 20.3. The number of carboxylic acid groups (broad SMARTS) is 2. The van der Waals surface area contributed by atoms with Crippen molar-refractivity contribution >= 4 is 70.1 Å². The molecule has 0 radical (unpaired) electrons. The van der Waals surface area contributed by atoms with Crippen molar-refractivity contribution < 1.29 is 71.3 Å². The highest BCUT2D eigenvalue weighted by molar-refractivity contribution is 5.99. The van der Waals surface area contributed by atoms with Crippen LogP contribution in [0.5, 0.6) is 0 Å². The largest absolute Gasteiger partial charge is 0.490 e. The van der Waals surface area contributed by atoms with Gasteiger partial charge in [0.05, 0.1) is 31.7 Å². The lowest BCUT2D eigenvalue weighted by Crippen LogP contribution is -2.60. The van der Waals surface area contributed by atoms with Gasteiger partial charge in [0.1, 0.15) is 24.2 Å². The molecule has 0 aliphatic rings. The second-order valence-corrected chi connectivity index (χ2v) is 11.2. The fourth-order valence-electron chi connectivity index (χ4n) is 4.36. The predicted molar refractivity (Wildman–Crippen MR) is 174 cm³/mol. The molecule has 2 aromatic rings. The molecule has 0 unspecified atom stereocenters. The normalized spacial score (nSPS) is 13.6. The van der Waals surface area contributed by atoms with Crippen molar-refractivity contribution in [2.24, 2.45) is 28.7 Å². The van der Waals surface area contributed by atoms with Crippen molar-refractivity contribution in [1.29, 1.82) is 0 Å². The van der Waals surface area contributed by atoms with Crippen LogP contribution < -0.4 is 49.9 Å². The van der Waals surface area contributed by atoms with E-state index in [0.717, 1.165) is 0 Å². The first-order valence-electron chi connectivity index (χ1n) is 15.1. The van der Waals surface area contributed by atoms with E-state index in [2.05, 4.69) is 20.9 Å². The predicted octanol–water partition coefficient (Wildman–Crippen LogP) is -4.80. The van der Waals surface area contributed by atoms with Gasteiger partial charge in [-0.2, -0.15) is 13.2 Å². The summed E-state index contributed by atoms with van der Waals surface area (Å²) in [5.74, 6) is -12.9. The molecule has 0 aliphatic heterocycles. The average Bonchev–Trinajstić information content (AvgIpc) is 3.44. The van der Waals surface area contributed by atoms with E-state index in [-0.39, 0.29) is 6.42 Å². The number of para-hydroxylation sites is 1. The Balaban J connectivity index is 0.00000189. The molecule has 0 aliphatic carbocycles. The third kappa shape index (κ3) is 15.6. The molecule has 0 bridgehead atoms. The molecule has 22 nitrogen and oxygen atoms in total. The molecule has 2 rings (SSSR count). The number of carbonyl (C=O) groups excluding carboxylic acids is 8. The second-order valence-electron chi connectivity index (χ2n) is 11.2. The molecule has 0 saturated heterocycles. The number of H-pyrrole nitrogens is 1. The lowest BCUT2D eigenvalue weighted by Gasteiger charge is -2.26. The van der Waals surface area contributed by atoms with Gasteiger partial charge in [-0.3, -0.25) is 38.4 Å². The minimum atomic E-state index is -5.08. The van der Waals surface area contributed by atoms with Gasteiger partial charge in [-0.05, 0) is 11.6 Å². The van der Waals surface area contributed by atoms with Crippen LogP contribution in [0.2, 0.25) is 0 Å². The van der Waals surface area contributed by atoms with Gasteiger partial charge in [0.2, 0.25) is 47.3 Å². The monoisotopic (exact) mass is 774 g/mol. The van der Waals surface area contributed by atoms with E-state index in [1.54, 1.807) is 24.3 Å². The third-order valence-electron chi connectivity index (χ3n) is 6.83. The van der Waals surface area contributed by atoms with Crippen molar-refractivity contribution in [2.75, 3.05) is 0 Å². The molecule has 1 heterocycles. The van der Waals surface area contributed by atoms with Crippen molar-refractivity contribution in [3.63, 3.8) is 0 Å². The smallest absolute Gasteiger partial charge is 0.480 e. The molecule has 1 aromatic heterocycles. The van der Waals surface area contributed by atoms with Crippen molar-refractivity contribution in [3.8, 4) is 0 Å². The number of aromatic amines is 1. The number of carbonyl (C=O) groups is 10. The number of amides is 8. The molecule has 0 fully saturated rings. The number of alkyl halides is 3. The topological polar surface area (TPSA) is 405 Å². The lowest BCUT2D eigenvalue weighted by atomic mass is 10.0. The summed E-state index contributed by atoms with van der Waals surface area (Å²) in [5, 5.41) is 25.9. The standard InChI is InChI=1S/C27H36N10O10.C2HF3O2/c28-13(6-19(29)38)23(42)34-16(7-20(30)39)25(44)35-15(5-11-10-33-14-4-2-1-3-12(11)14)24(43)36-17(8-21(31)40)26(45)37-18(27(46)47)9-22(32)41;3-2(4,5)1(6)7/h1-4,10,13,15-18,33H,5-9,28H2,(H2,29,38)(H2,30,39)(H2,31,40)(H2,32,41)(H,34,42)(H,35,44)(H,36,43)(H,37,45)(H,46,47);(H,6,7)/t13-,15-,16-,17-,18-;/m0./s1. The molecule has 54 heavy (non-hydrogen) atoms. The van der Waals surface area contributed by atoms with E-state index < -0.39 is 121 Å². The van der Waals surface area contributed by atoms with E-state index in [1.807, 2.05) is 5.32 Å². The third-order valence-corrected chi connectivity index (χ3v) is 6.83. The van der Waals surface area contributed by atoms with E-state index >= 15 is 0 Å². The van der Waals surface area contributed by atoms with Gasteiger partial charge >= 0.3 is 18.1 Å². The van der Waals surface area contributed by atoms with Crippen molar-refractivity contribution in [3.05, 3.63) is 36.0 Å². The molecule has 296 valence electrons. The average molecular weight is 775 g/mol. The van der Waals surface area contributed by atoms with Crippen LogP contribution >= 0.6 is 0 Å². The van der Waals surface area contributed by atoms with Crippen LogP contribution in [-0.4, -0.2) is 111 Å². The highest BCUT2D eigenvalue weighted by Gasteiger charge is 2.38. The van der Waals surface area contributed by atoms with Gasteiger partial charge in [-0.1, -0.05) is 18.2 Å². The summed E-state index contributed by atoms with van der Waals surface area (Å²) in [7, 11) is 0. The number of aliphatic carboxylic acids is 2. The zero-order chi connectivity index (χ0) is 41.5. The Hall–Kier alpha value is -6.79. The summed E-state index contributed by atoms with van der Waals surface area (Å²) in [6.45, 7) is 0. The molecule has 0 spiro atoms. The molecule has 17 N–H and O–H groups in total. The number of hydrogen-bond acceptors (Lipinski definition) is 11. The Morgan fingerprint density at radius 3 is 1.46 bits per heavy atom. The maximum atomic E-state index is 13.6. The molecular weight excluding hydrogens is 737 g/mol. The fourth-order valence-corrected chi connectivity index (χ4v) is 4.36. The minimum absolute atomic E-state index is 0.260. The highest BCUT2D eigenvalue weighted by atomic mass is 19.4. The summed E-state index contributed by atoms with van der Waals surface area (Å²) in [6, 6.07) is -1.45. The molecular formula is C29H37F3N10O12. The molecule has 0 saturated carbocycles. The minimum Gasteiger partial charge on any atom is -0.480 e. The van der Waals surface area contributed by atoms with Crippen molar-refractivity contribution in [2.45, 2.75) is 68.5 Å². The van der Waals surface area contributed by atoms with E-state index in [4.69, 9.17) is 38.6 Å². The summed E-state index contributed by atoms with van der Waals surface area (Å²) in [5.41, 5.74) is 27.3. The van der Waals surface area contributed by atoms with Crippen LogP contribution in [0.25, 0.3) is 10.9 Å². The maximum absolute atomic E-state index is 13.6. The van der Waals surface area contributed by atoms with E-state index in [1.165, 1.54) is 6.20 Å². The summed E-state index contributed by atoms with van der Waals surface area (Å²) < 4.78 is 31.7. The van der Waals surface area contributed by atoms with Gasteiger partial charge in [-0.25, -0.2) is 9.59 Å². The number of nitrogens with one attached hydrogen (secondary N) is 5. The SMILES string of the molecule is NC(=O)C[C@H](NC(=O)[C@H](CC(N)=O)NC(=O)[C@H](Cc1c[nH]c2ccccc12)NC(=O)[C@H](CC(N)=O)NC(=O)[C@@H](N)CC(N)=O)C(=O)O.O=C(O)C(F)(F)F. The number of primary amides is 4. The number of fused-ring (bicyclic) bond motifs is 1. The first kappa shape index (κ1) is 45.2. The van der Waals surface area contributed by atoms with Crippen LogP contribution in [0.1, 0.15) is 31.2 Å². The quantitative estimate of drug-likeness (QED) is 0.0638. The van der Waals surface area contributed by atoms with E-state index in [9.17, 15) is 61.4 Å². The van der Waals surface area contributed by atoms with Crippen LogP contribution in [0.3, 0.4) is 0 Å². The number of carboxylic acids is 2. The Kier molecular flexibility index (Phi) is 17.0. The zero-order valence-electron chi connectivity index (χ0n) is 27.8. The number of hydrogen-bond donors (Lipinski definition) is 12. The number of halogens is 3. The van der Waals surface area contributed by atoms with Gasteiger partial charge in [0.25, 0.3) is 0 Å². The molecule has 8 amide bonds. The number of aromatic nitrogens is 1. The van der Waals surface area contributed by atoms with Gasteiger partial charge in [0, 0.05) is 23.5 Å². The Bertz CT molecular complexity index is 1770. The zero-order valence-corrected chi connectivity index (χ0v) is 27.8.